The maximum atomic E-state index is 5.96. The molecule has 2 rings (SSSR count). The van der Waals surface area contributed by atoms with Crippen molar-refractivity contribution in [1.82, 2.24) is 0 Å². The van der Waals surface area contributed by atoms with Gasteiger partial charge in [0.05, 0.1) is 23.1 Å². The van der Waals surface area contributed by atoms with Gasteiger partial charge in [0, 0.05) is 4.88 Å². The molecule has 0 aliphatic carbocycles. The summed E-state index contributed by atoms with van der Waals surface area (Å²) in [6.07, 6.45) is 0. The Bertz CT molecular complexity index is 269. The Balaban J connectivity index is 2.28. The number of hydrogen-bond donors (Lipinski definition) is 1. The van der Waals surface area contributed by atoms with Gasteiger partial charge in [0.1, 0.15) is 0 Å². The molecule has 0 amide bonds. The molecule has 2 nitrogen and oxygen atoms in total. The predicted molar refractivity (Wildman–Crippen MR) is 46.0 cm³/mol. The van der Waals surface area contributed by atoms with Crippen molar-refractivity contribution in [2.75, 3.05) is 13.2 Å². The van der Waals surface area contributed by atoms with Crippen molar-refractivity contribution in [3.8, 4) is 0 Å². The molecule has 0 bridgehead atoms. The van der Waals surface area contributed by atoms with Crippen molar-refractivity contribution in [3.63, 3.8) is 0 Å². The zero-order valence-corrected chi connectivity index (χ0v) is 7.41. The zero-order chi connectivity index (χ0) is 7.90. The van der Waals surface area contributed by atoms with Crippen molar-refractivity contribution in [2.45, 2.75) is 5.54 Å². The van der Waals surface area contributed by atoms with E-state index in [1.54, 1.807) is 0 Å². The Hall–Kier alpha value is -0.0900. The summed E-state index contributed by atoms with van der Waals surface area (Å²) in [7, 11) is 0. The summed E-state index contributed by atoms with van der Waals surface area (Å²) in [5.41, 5.74) is 5.71. The highest BCUT2D eigenvalue weighted by molar-refractivity contribution is 7.16. The van der Waals surface area contributed by atoms with Crippen LogP contribution in [0.3, 0.4) is 0 Å². The quantitative estimate of drug-likeness (QED) is 0.728. The van der Waals surface area contributed by atoms with Crippen molar-refractivity contribution in [1.29, 1.82) is 0 Å². The van der Waals surface area contributed by atoms with E-state index < -0.39 is 0 Å². The van der Waals surface area contributed by atoms with Gasteiger partial charge in [-0.25, -0.2) is 0 Å². The average molecular weight is 190 g/mol. The Labute approximate surface area is 73.9 Å². The molecule has 0 unspecified atom stereocenters. The highest BCUT2D eigenvalue weighted by Crippen LogP contribution is 2.33. The van der Waals surface area contributed by atoms with E-state index in [0.29, 0.717) is 13.2 Å². The molecule has 0 atom stereocenters. The van der Waals surface area contributed by atoms with Crippen LogP contribution in [-0.2, 0) is 10.3 Å². The third kappa shape index (κ3) is 1.18. The van der Waals surface area contributed by atoms with E-state index in [-0.39, 0.29) is 5.54 Å². The monoisotopic (exact) mass is 189 g/mol. The molecule has 1 fully saturated rings. The highest BCUT2D eigenvalue weighted by atomic mass is 35.5. The minimum Gasteiger partial charge on any atom is -0.377 e. The van der Waals surface area contributed by atoms with Crippen LogP contribution in [0.5, 0.6) is 0 Å². The summed E-state index contributed by atoms with van der Waals surface area (Å²) >= 11 is 7.30. The van der Waals surface area contributed by atoms with Crippen molar-refractivity contribution in [2.24, 2.45) is 5.73 Å². The van der Waals surface area contributed by atoms with Gasteiger partial charge in [0.25, 0.3) is 0 Å². The number of hydrogen-bond acceptors (Lipinski definition) is 3. The molecule has 1 saturated heterocycles. The van der Waals surface area contributed by atoms with Crippen molar-refractivity contribution < 1.29 is 4.74 Å². The average Bonchev–Trinajstić information content (AvgIpc) is 2.31. The van der Waals surface area contributed by atoms with Gasteiger partial charge in [0.2, 0.25) is 0 Å². The molecule has 1 aliphatic rings. The first-order chi connectivity index (χ1) is 5.21. The molecule has 60 valence electrons. The smallest absolute Gasteiger partial charge is 0.0977 e. The summed E-state index contributed by atoms with van der Waals surface area (Å²) in [4.78, 5) is 1.12. The molecule has 2 heterocycles. The van der Waals surface area contributed by atoms with E-state index in [0.717, 1.165) is 9.21 Å². The van der Waals surface area contributed by atoms with Crippen LogP contribution in [0.25, 0.3) is 0 Å². The fourth-order valence-electron chi connectivity index (χ4n) is 1.05. The van der Waals surface area contributed by atoms with E-state index >= 15 is 0 Å². The predicted octanol–water partition coefficient (Wildman–Crippen LogP) is 1.59. The highest BCUT2D eigenvalue weighted by Gasteiger charge is 2.37. The number of ether oxygens (including phenoxy) is 1. The SMILES string of the molecule is NC1(c2ccc(Cl)s2)COC1. The lowest BCUT2D eigenvalue weighted by Gasteiger charge is -2.36. The van der Waals surface area contributed by atoms with Gasteiger partial charge in [-0.2, -0.15) is 0 Å². The molecule has 0 saturated carbocycles. The standard InChI is InChI=1S/C7H8ClNOS/c8-6-2-1-5(11-6)7(9)3-10-4-7/h1-2H,3-4,9H2. The summed E-state index contributed by atoms with van der Waals surface area (Å²) in [5.74, 6) is 0. The number of halogens is 1. The summed E-state index contributed by atoms with van der Waals surface area (Å²) in [6, 6.07) is 3.84. The normalized spacial score (nSPS) is 21.3. The third-order valence-electron chi connectivity index (χ3n) is 1.78. The van der Waals surface area contributed by atoms with Gasteiger partial charge in [-0.05, 0) is 12.1 Å². The van der Waals surface area contributed by atoms with Crippen molar-refractivity contribution in [3.05, 3.63) is 21.3 Å². The topological polar surface area (TPSA) is 35.2 Å². The van der Waals surface area contributed by atoms with Gasteiger partial charge in [-0.3, -0.25) is 0 Å². The molecular formula is C7H8ClNOS. The van der Waals surface area contributed by atoms with E-state index in [9.17, 15) is 0 Å². The minimum absolute atomic E-state index is 0.252. The number of rotatable bonds is 1. The van der Waals surface area contributed by atoms with E-state index in [1.165, 1.54) is 11.3 Å². The number of nitrogens with two attached hydrogens (primary N) is 1. The molecule has 1 aromatic heterocycles. The molecule has 11 heavy (non-hydrogen) atoms. The Morgan fingerprint density at radius 3 is 2.64 bits per heavy atom. The lowest BCUT2D eigenvalue weighted by Crippen LogP contribution is -2.53. The molecular weight excluding hydrogens is 182 g/mol. The summed E-state index contributed by atoms with van der Waals surface area (Å²) in [5, 5.41) is 0. The summed E-state index contributed by atoms with van der Waals surface area (Å²) < 4.78 is 5.83. The first-order valence-electron chi connectivity index (χ1n) is 3.33. The van der Waals surface area contributed by atoms with Gasteiger partial charge in [-0.15, -0.1) is 11.3 Å². The van der Waals surface area contributed by atoms with E-state index in [4.69, 9.17) is 22.1 Å². The second-order valence-electron chi connectivity index (χ2n) is 2.75. The van der Waals surface area contributed by atoms with Crippen LogP contribution in [-0.4, -0.2) is 13.2 Å². The molecule has 0 spiro atoms. The number of thiophene rings is 1. The fraction of sp³-hybridized carbons (Fsp3) is 0.429. The van der Waals surface area contributed by atoms with Gasteiger partial charge in [0.15, 0.2) is 0 Å². The Morgan fingerprint density at radius 1 is 1.55 bits per heavy atom. The van der Waals surface area contributed by atoms with Crippen LogP contribution < -0.4 is 5.73 Å². The third-order valence-corrected chi connectivity index (χ3v) is 3.23. The molecule has 1 aliphatic heterocycles. The van der Waals surface area contributed by atoms with Gasteiger partial charge >= 0.3 is 0 Å². The first-order valence-corrected chi connectivity index (χ1v) is 4.53. The summed E-state index contributed by atoms with van der Waals surface area (Å²) in [6.45, 7) is 1.23. The molecule has 0 radical (unpaired) electrons. The second-order valence-corrected chi connectivity index (χ2v) is 4.47. The van der Waals surface area contributed by atoms with E-state index in [2.05, 4.69) is 0 Å². The van der Waals surface area contributed by atoms with E-state index in [1.807, 2.05) is 12.1 Å². The molecule has 1 aromatic rings. The minimum atomic E-state index is -0.252. The lowest BCUT2D eigenvalue weighted by atomic mass is 9.97. The Kier molecular flexibility index (Phi) is 1.68. The van der Waals surface area contributed by atoms with Crippen LogP contribution in [0.1, 0.15) is 4.88 Å². The van der Waals surface area contributed by atoms with Crippen LogP contribution >= 0.6 is 22.9 Å². The van der Waals surface area contributed by atoms with Crippen LogP contribution in [0.2, 0.25) is 4.34 Å². The lowest BCUT2D eigenvalue weighted by molar-refractivity contribution is -0.0550. The molecule has 4 heteroatoms. The fourth-order valence-corrected chi connectivity index (χ4v) is 2.16. The van der Waals surface area contributed by atoms with Crippen molar-refractivity contribution >= 4 is 22.9 Å². The first kappa shape index (κ1) is 7.55. The largest absolute Gasteiger partial charge is 0.377 e. The maximum Gasteiger partial charge on any atom is 0.0977 e. The zero-order valence-electron chi connectivity index (χ0n) is 5.84. The van der Waals surface area contributed by atoms with Gasteiger partial charge < -0.3 is 10.5 Å². The second kappa shape index (κ2) is 2.45. The molecule has 2 N–H and O–H groups in total. The maximum absolute atomic E-state index is 5.96. The van der Waals surface area contributed by atoms with Crippen LogP contribution in [0.15, 0.2) is 12.1 Å². The van der Waals surface area contributed by atoms with Crippen LogP contribution in [0.4, 0.5) is 0 Å². The Morgan fingerprint density at radius 2 is 2.27 bits per heavy atom. The van der Waals surface area contributed by atoms with Gasteiger partial charge in [-0.1, -0.05) is 11.6 Å². The van der Waals surface area contributed by atoms with Crippen LogP contribution in [0, 0.1) is 0 Å². The molecule has 0 aromatic carbocycles.